The summed E-state index contributed by atoms with van der Waals surface area (Å²) in [6.07, 6.45) is 8.55. The molecule has 132 valence electrons. The molecule has 0 radical (unpaired) electrons. The number of anilines is 1. The number of nitrogens with zero attached hydrogens (tertiary/aromatic N) is 3. The molecule has 0 saturated carbocycles. The van der Waals surface area contributed by atoms with Crippen LogP contribution in [0, 0.1) is 13.8 Å². The first-order chi connectivity index (χ1) is 13.1. The number of hydrogen-bond donors (Lipinski definition) is 1. The van der Waals surface area contributed by atoms with Crippen molar-refractivity contribution in [2.24, 2.45) is 0 Å². The number of hydrogen-bond acceptors (Lipinski definition) is 4. The highest BCUT2D eigenvalue weighted by atomic mass is 16.1. The zero-order valence-corrected chi connectivity index (χ0v) is 15.1. The van der Waals surface area contributed by atoms with Crippen LogP contribution < -0.4 is 5.32 Å². The van der Waals surface area contributed by atoms with Gasteiger partial charge in [0.1, 0.15) is 0 Å². The molecule has 1 aromatic carbocycles. The number of rotatable bonds is 3. The lowest BCUT2D eigenvalue weighted by Crippen LogP contribution is -2.14. The van der Waals surface area contributed by atoms with Gasteiger partial charge in [0.05, 0.1) is 23.0 Å². The maximum absolute atomic E-state index is 12.8. The van der Waals surface area contributed by atoms with E-state index >= 15 is 0 Å². The lowest BCUT2D eigenvalue weighted by Gasteiger charge is -2.13. The molecular formula is C22H18N4O. The predicted molar refractivity (Wildman–Crippen MR) is 107 cm³/mol. The second kappa shape index (κ2) is 6.96. The van der Waals surface area contributed by atoms with Crippen molar-refractivity contribution < 1.29 is 4.79 Å². The summed E-state index contributed by atoms with van der Waals surface area (Å²) < 4.78 is 0. The van der Waals surface area contributed by atoms with Gasteiger partial charge in [0, 0.05) is 35.7 Å². The van der Waals surface area contributed by atoms with Gasteiger partial charge < -0.3 is 5.32 Å². The summed E-state index contributed by atoms with van der Waals surface area (Å²) in [5.41, 5.74) is 5.91. The highest BCUT2D eigenvalue weighted by molar-refractivity contribution is 6.07. The van der Waals surface area contributed by atoms with Crippen LogP contribution in [-0.4, -0.2) is 20.9 Å². The summed E-state index contributed by atoms with van der Waals surface area (Å²) in [5.74, 6) is -0.201. The fourth-order valence-corrected chi connectivity index (χ4v) is 3.19. The van der Waals surface area contributed by atoms with E-state index in [-0.39, 0.29) is 5.91 Å². The quantitative estimate of drug-likeness (QED) is 0.585. The van der Waals surface area contributed by atoms with Crippen LogP contribution in [0.15, 0.2) is 67.4 Å². The number of amides is 1. The Balaban J connectivity index is 1.76. The van der Waals surface area contributed by atoms with Gasteiger partial charge in [0.15, 0.2) is 0 Å². The molecule has 0 atom stereocenters. The number of fused-ring (bicyclic) bond motifs is 1. The average molecular weight is 354 g/mol. The largest absolute Gasteiger partial charge is 0.321 e. The number of nitrogens with one attached hydrogen (secondary N) is 1. The molecule has 0 aliphatic heterocycles. The Morgan fingerprint density at radius 2 is 1.78 bits per heavy atom. The molecule has 3 aromatic heterocycles. The SMILES string of the molecule is Cc1cncc(NC(=O)c2cncc(-c3cccc4ncccc34)c2C)c1. The Labute approximate surface area is 157 Å². The smallest absolute Gasteiger partial charge is 0.257 e. The van der Waals surface area contributed by atoms with Crippen LogP contribution >= 0.6 is 0 Å². The fraction of sp³-hybridized carbons (Fsp3) is 0.0909. The summed E-state index contributed by atoms with van der Waals surface area (Å²) in [7, 11) is 0. The first-order valence-electron chi connectivity index (χ1n) is 8.65. The van der Waals surface area contributed by atoms with E-state index in [1.165, 1.54) is 0 Å². The molecule has 5 nitrogen and oxygen atoms in total. The van der Waals surface area contributed by atoms with Crippen LogP contribution in [0.1, 0.15) is 21.5 Å². The van der Waals surface area contributed by atoms with E-state index in [2.05, 4.69) is 20.3 Å². The molecule has 0 saturated heterocycles. The van der Waals surface area contributed by atoms with Crippen LogP contribution in [0.4, 0.5) is 5.69 Å². The molecule has 0 aliphatic rings. The Bertz CT molecular complexity index is 1150. The maximum Gasteiger partial charge on any atom is 0.257 e. The van der Waals surface area contributed by atoms with Crippen molar-refractivity contribution in [2.45, 2.75) is 13.8 Å². The zero-order chi connectivity index (χ0) is 18.8. The lowest BCUT2D eigenvalue weighted by molar-refractivity contribution is 0.102. The third kappa shape index (κ3) is 3.27. The molecule has 0 aliphatic carbocycles. The van der Waals surface area contributed by atoms with E-state index in [9.17, 15) is 4.79 Å². The normalized spacial score (nSPS) is 10.7. The van der Waals surface area contributed by atoms with Gasteiger partial charge >= 0.3 is 0 Å². The van der Waals surface area contributed by atoms with E-state index < -0.39 is 0 Å². The van der Waals surface area contributed by atoms with Crippen LogP contribution in [-0.2, 0) is 0 Å². The maximum atomic E-state index is 12.8. The summed E-state index contributed by atoms with van der Waals surface area (Å²) >= 11 is 0. The molecule has 0 spiro atoms. The second-order valence-corrected chi connectivity index (χ2v) is 6.44. The Hall–Kier alpha value is -3.60. The van der Waals surface area contributed by atoms with Gasteiger partial charge in [-0.15, -0.1) is 0 Å². The van der Waals surface area contributed by atoms with Crippen molar-refractivity contribution in [3.8, 4) is 11.1 Å². The number of aryl methyl sites for hydroxylation is 1. The first-order valence-corrected chi connectivity index (χ1v) is 8.65. The molecule has 3 heterocycles. The van der Waals surface area contributed by atoms with E-state index in [0.29, 0.717) is 11.3 Å². The molecule has 4 aromatic rings. The topological polar surface area (TPSA) is 67.8 Å². The minimum atomic E-state index is -0.201. The predicted octanol–water partition coefficient (Wildman–Crippen LogP) is 4.56. The number of carbonyl (C=O) groups excluding carboxylic acids is 1. The summed E-state index contributed by atoms with van der Waals surface area (Å²) in [6, 6.07) is 11.8. The number of aromatic nitrogens is 3. The van der Waals surface area contributed by atoms with Crippen LogP contribution in [0.2, 0.25) is 0 Å². The van der Waals surface area contributed by atoms with Gasteiger partial charge in [-0.3, -0.25) is 19.7 Å². The number of benzene rings is 1. The monoisotopic (exact) mass is 354 g/mol. The summed E-state index contributed by atoms with van der Waals surface area (Å²) in [4.78, 5) is 25.6. The standard InChI is InChI=1S/C22H18N4O/c1-14-9-16(11-23-10-14)26-22(27)20-13-24-12-19(15(20)2)17-5-3-7-21-18(17)6-4-8-25-21/h3-13H,1-2H3,(H,26,27). The van der Waals surface area contributed by atoms with Crippen LogP contribution in [0.25, 0.3) is 22.0 Å². The van der Waals surface area contributed by atoms with Crippen molar-refractivity contribution in [2.75, 3.05) is 5.32 Å². The van der Waals surface area contributed by atoms with Gasteiger partial charge in [-0.2, -0.15) is 0 Å². The van der Waals surface area contributed by atoms with E-state index in [4.69, 9.17) is 0 Å². The van der Waals surface area contributed by atoms with Gasteiger partial charge in [0.25, 0.3) is 5.91 Å². The van der Waals surface area contributed by atoms with Gasteiger partial charge in [-0.1, -0.05) is 18.2 Å². The van der Waals surface area contributed by atoms with E-state index in [0.717, 1.165) is 33.2 Å². The molecule has 0 bridgehead atoms. The molecule has 4 rings (SSSR count). The van der Waals surface area contributed by atoms with Crippen molar-refractivity contribution in [1.82, 2.24) is 15.0 Å². The van der Waals surface area contributed by atoms with E-state index in [1.54, 1.807) is 31.0 Å². The van der Waals surface area contributed by atoms with Gasteiger partial charge in [-0.25, -0.2) is 0 Å². The summed E-state index contributed by atoms with van der Waals surface area (Å²) in [6.45, 7) is 3.88. The third-order valence-corrected chi connectivity index (χ3v) is 4.53. The van der Waals surface area contributed by atoms with Crippen LogP contribution in [0.5, 0.6) is 0 Å². The summed E-state index contributed by atoms with van der Waals surface area (Å²) in [5, 5.41) is 3.93. The van der Waals surface area contributed by atoms with E-state index in [1.807, 2.05) is 50.2 Å². The molecule has 1 N–H and O–H groups in total. The molecule has 5 heteroatoms. The number of carbonyl (C=O) groups is 1. The Kier molecular flexibility index (Phi) is 4.34. The van der Waals surface area contributed by atoms with Crippen molar-refractivity contribution in [1.29, 1.82) is 0 Å². The molecular weight excluding hydrogens is 336 g/mol. The lowest BCUT2D eigenvalue weighted by atomic mass is 9.96. The first kappa shape index (κ1) is 16.8. The number of pyridine rings is 3. The highest BCUT2D eigenvalue weighted by Crippen LogP contribution is 2.31. The Morgan fingerprint density at radius 3 is 2.63 bits per heavy atom. The van der Waals surface area contributed by atoms with Crippen molar-refractivity contribution in [3.05, 3.63) is 84.1 Å². The molecule has 27 heavy (non-hydrogen) atoms. The fourth-order valence-electron chi connectivity index (χ4n) is 3.19. The van der Waals surface area contributed by atoms with Crippen molar-refractivity contribution in [3.63, 3.8) is 0 Å². The molecule has 0 unspecified atom stereocenters. The van der Waals surface area contributed by atoms with Crippen molar-refractivity contribution >= 4 is 22.5 Å². The van der Waals surface area contributed by atoms with Gasteiger partial charge in [0.2, 0.25) is 0 Å². The third-order valence-electron chi connectivity index (χ3n) is 4.53. The minimum Gasteiger partial charge on any atom is -0.321 e. The minimum absolute atomic E-state index is 0.201. The second-order valence-electron chi connectivity index (χ2n) is 6.44. The van der Waals surface area contributed by atoms with Gasteiger partial charge in [-0.05, 0) is 48.7 Å². The molecule has 0 fully saturated rings. The highest BCUT2D eigenvalue weighted by Gasteiger charge is 2.15. The Morgan fingerprint density at radius 1 is 0.926 bits per heavy atom. The zero-order valence-electron chi connectivity index (χ0n) is 15.1. The van der Waals surface area contributed by atoms with Crippen LogP contribution in [0.3, 0.4) is 0 Å². The average Bonchev–Trinajstić information content (AvgIpc) is 2.68. The molecule has 1 amide bonds.